The predicted molar refractivity (Wildman–Crippen MR) is 105 cm³/mol. The smallest absolute Gasteiger partial charge is 0.228 e. The summed E-state index contributed by atoms with van der Waals surface area (Å²) in [4.78, 5) is 20.4. The van der Waals surface area contributed by atoms with Crippen LogP contribution in [0, 0.1) is 5.82 Å². The number of pyridine rings is 1. The van der Waals surface area contributed by atoms with Gasteiger partial charge in [0.05, 0.1) is 23.0 Å². The van der Waals surface area contributed by atoms with Crippen LogP contribution in [0.5, 0.6) is 5.88 Å². The summed E-state index contributed by atoms with van der Waals surface area (Å²) in [7, 11) is 0. The van der Waals surface area contributed by atoms with Crippen molar-refractivity contribution in [2.24, 2.45) is 0 Å². The fourth-order valence-electron chi connectivity index (χ4n) is 2.86. The van der Waals surface area contributed by atoms with E-state index in [2.05, 4.69) is 47.7 Å². The summed E-state index contributed by atoms with van der Waals surface area (Å²) in [6.07, 6.45) is 1.84. The van der Waals surface area contributed by atoms with Crippen LogP contribution < -0.4 is 9.64 Å². The lowest BCUT2D eigenvalue weighted by atomic mass is 10.2. The summed E-state index contributed by atoms with van der Waals surface area (Å²) >= 11 is 12.3. The average Bonchev–Trinajstić information content (AvgIpc) is 2.98. The first-order valence-electron chi connectivity index (χ1n) is 7.60. The van der Waals surface area contributed by atoms with Crippen molar-refractivity contribution < 1.29 is 9.13 Å². The Hall–Kier alpha value is -1.23. The molecule has 3 aromatic heterocycles. The van der Waals surface area contributed by atoms with Crippen LogP contribution in [-0.4, -0.2) is 39.3 Å². The number of halogens is 3. The molecule has 1 atom stereocenters. The minimum atomic E-state index is -0.665. The van der Waals surface area contributed by atoms with Crippen LogP contribution in [0.2, 0.25) is 5.15 Å². The summed E-state index contributed by atoms with van der Waals surface area (Å²) in [6.45, 7) is 2.98. The lowest BCUT2D eigenvalue weighted by Crippen LogP contribution is -2.30. The van der Waals surface area contributed by atoms with E-state index in [1.165, 1.54) is 11.8 Å². The van der Waals surface area contributed by atoms with Crippen LogP contribution >= 0.6 is 50.6 Å². The number of anilines is 1. The van der Waals surface area contributed by atoms with Crippen LogP contribution in [0.1, 0.15) is 17.8 Å². The average molecular weight is 477 g/mol. The van der Waals surface area contributed by atoms with E-state index in [1.54, 1.807) is 16.8 Å². The van der Waals surface area contributed by atoms with Gasteiger partial charge < -0.3 is 9.64 Å². The number of aromatic nitrogens is 4. The molecule has 26 heavy (non-hydrogen) atoms. The fourth-order valence-corrected chi connectivity index (χ4v) is 4.98. The topological polar surface area (TPSA) is 64.0 Å². The first-order valence-corrected chi connectivity index (χ1v) is 10.9. The molecular weight excluding hydrogens is 465 g/mol. The van der Waals surface area contributed by atoms with Gasteiger partial charge in [-0.25, -0.2) is 19.3 Å². The summed E-state index contributed by atoms with van der Waals surface area (Å²) < 4.78 is 21.2. The zero-order valence-electron chi connectivity index (χ0n) is 13.7. The number of thiazole rings is 1. The quantitative estimate of drug-likeness (QED) is 0.308. The second-order valence-corrected chi connectivity index (χ2v) is 8.27. The molecule has 0 aliphatic carbocycles. The van der Waals surface area contributed by atoms with E-state index in [9.17, 15) is 4.39 Å². The molecule has 0 saturated carbocycles. The first kappa shape index (κ1) is 18.1. The van der Waals surface area contributed by atoms with Gasteiger partial charge in [-0.05, 0) is 29.1 Å². The number of rotatable bonds is 3. The third kappa shape index (κ3) is 2.92. The maximum Gasteiger partial charge on any atom is 0.228 e. The maximum absolute atomic E-state index is 14.6. The Balaban J connectivity index is 1.98. The molecule has 1 unspecified atom stereocenters. The molecule has 0 bridgehead atoms. The van der Waals surface area contributed by atoms with Gasteiger partial charge >= 0.3 is 0 Å². The molecule has 0 aromatic carbocycles. The van der Waals surface area contributed by atoms with Crippen molar-refractivity contribution in [1.82, 2.24) is 19.9 Å². The Bertz CT molecular complexity index is 1000. The van der Waals surface area contributed by atoms with Crippen molar-refractivity contribution in [2.45, 2.75) is 18.1 Å². The van der Waals surface area contributed by atoms with Crippen molar-refractivity contribution >= 4 is 67.4 Å². The largest absolute Gasteiger partial charge is 0.475 e. The lowest BCUT2D eigenvalue weighted by molar-refractivity contribution is 0.316. The molecule has 0 radical (unpaired) electrons. The fraction of sp³-hybridized carbons (Fsp3) is 0.333. The first-order chi connectivity index (χ1) is 12.5. The molecule has 0 amide bonds. The molecule has 4 rings (SSSR count). The third-order valence-corrected chi connectivity index (χ3v) is 6.79. The normalized spacial score (nSPS) is 15.0. The maximum atomic E-state index is 14.6. The molecule has 1 aliphatic heterocycles. The Morgan fingerprint density at radius 3 is 2.92 bits per heavy atom. The van der Waals surface area contributed by atoms with E-state index < -0.39 is 5.82 Å². The number of nitrogens with zero attached hydrogens (tertiary/aromatic N) is 5. The second kappa shape index (κ2) is 7.06. The summed E-state index contributed by atoms with van der Waals surface area (Å²) in [5, 5.41) is 0.646. The van der Waals surface area contributed by atoms with Crippen molar-refractivity contribution in [3.8, 4) is 5.88 Å². The molecule has 1 aliphatic rings. The monoisotopic (exact) mass is 475 g/mol. The highest BCUT2D eigenvalue weighted by atomic mass is 79.9. The highest BCUT2D eigenvalue weighted by molar-refractivity contribution is 9.10. The highest BCUT2D eigenvalue weighted by Gasteiger charge is 2.30. The van der Waals surface area contributed by atoms with Gasteiger partial charge in [0, 0.05) is 0 Å². The predicted octanol–water partition coefficient (Wildman–Crippen LogP) is 4.72. The van der Waals surface area contributed by atoms with Crippen LogP contribution in [0.4, 0.5) is 10.2 Å². The number of ether oxygens (including phenoxy) is 1. The molecule has 0 fully saturated rings. The summed E-state index contributed by atoms with van der Waals surface area (Å²) in [5.74, 6) is 0.177. The molecule has 0 saturated heterocycles. The van der Waals surface area contributed by atoms with Crippen molar-refractivity contribution in [3.63, 3.8) is 0 Å². The molecule has 136 valence electrons. The zero-order chi connectivity index (χ0) is 18.4. The van der Waals surface area contributed by atoms with Gasteiger partial charge in [-0.15, -0.1) is 11.3 Å². The van der Waals surface area contributed by atoms with E-state index in [4.69, 9.17) is 16.3 Å². The summed E-state index contributed by atoms with van der Waals surface area (Å²) in [6, 6.07) is -0.0435. The highest BCUT2D eigenvalue weighted by Crippen LogP contribution is 2.41. The van der Waals surface area contributed by atoms with Gasteiger partial charge in [-0.1, -0.05) is 23.4 Å². The standard InChI is InChI=1S/C15H12BrClFN5OS2/c1-6(10-11(16)19-5-26-10)23-3-4-24-14-7-9(8(18)12(17)21-14)20-15(25-2)22-13(7)23/h5-6H,3-4H2,1-2H3. The zero-order valence-corrected chi connectivity index (χ0v) is 17.6. The Morgan fingerprint density at radius 2 is 2.23 bits per heavy atom. The van der Waals surface area contributed by atoms with Crippen molar-refractivity contribution in [2.75, 3.05) is 24.3 Å². The summed E-state index contributed by atoms with van der Waals surface area (Å²) in [5.41, 5.74) is 1.90. The van der Waals surface area contributed by atoms with E-state index in [-0.39, 0.29) is 22.6 Å². The van der Waals surface area contributed by atoms with E-state index in [0.29, 0.717) is 29.5 Å². The van der Waals surface area contributed by atoms with E-state index in [1.807, 2.05) is 6.26 Å². The molecule has 6 nitrogen and oxygen atoms in total. The Labute approximate surface area is 170 Å². The molecule has 3 aromatic rings. The second-order valence-electron chi connectivity index (χ2n) is 5.50. The van der Waals surface area contributed by atoms with E-state index >= 15 is 0 Å². The Kier molecular flexibility index (Phi) is 4.93. The van der Waals surface area contributed by atoms with Crippen molar-refractivity contribution in [3.05, 3.63) is 26.0 Å². The van der Waals surface area contributed by atoms with Gasteiger partial charge in [-0.3, -0.25) is 0 Å². The van der Waals surface area contributed by atoms with Gasteiger partial charge in [0.25, 0.3) is 0 Å². The Morgan fingerprint density at radius 1 is 1.42 bits per heavy atom. The molecule has 4 heterocycles. The molecule has 11 heteroatoms. The molecular formula is C15H12BrClFN5OS2. The van der Waals surface area contributed by atoms with Gasteiger partial charge in [0.15, 0.2) is 16.1 Å². The minimum Gasteiger partial charge on any atom is -0.475 e. The molecule has 0 spiro atoms. The number of hydrogen-bond acceptors (Lipinski definition) is 8. The third-order valence-electron chi connectivity index (χ3n) is 4.09. The lowest BCUT2D eigenvalue weighted by Gasteiger charge is -2.28. The SMILES string of the molecule is CSc1nc2c3c(nc(Cl)c(F)c3n1)OCCN2C(C)c1scnc1Br. The van der Waals surface area contributed by atoms with Crippen LogP contribution in [0.15, 0.2) is 15.3 Å². The minimum absolute atomic E-state index is 0.0435. The van der Waals surface area contributed by atoms with E-state index in [0.717, 1.165) is 9.48 Å². The van der Waals surface area contributed by atoms with Crippen LogP contribution in [0.25, 0.3) is 10.9 Å². The van der Waals surface area contributed by atoms with Crippen LogP contribution in [0.3, 0.4) is 0 Å². The number of hydrogen-bond donors (Lipinski definition) is 0. The van der Waals surface area contributed by atoms with Gasteiger partial charge in [0.1, 0.15) is 27.9 Å². The number of thioether (sulfide) groups is 1. The van der Waals surface area contributed by atoms with Crippen LogP contribution in [-0.2, 0) is 0 Å². The van der Waals surface area contributed by atoms with Crippen molar-refractivity contribution in [1.29, 1.82) is 0 Å². The van der Waals surface area contributed by atoms with Gasteiger partial charge in [0.2, 0.25) is 5.88 Å². The molecule has 0 N–H and O–H groups in total. The van der Waals surface area contributed by atoms with Gasteiger partial charge in [-0.2, -0.15) is 4.98 Å².